The van der Waals surface area contributed by atoms with Gasteiger partial charge in [0.2, 0.25) is 0 Å². The van der Waals surface area contributed by atoms with Gasteiger partial charge in [-0.05, 0) is 28.1 Å². The van der Waals surface area contributed by atoms with Crippen molar-refractivity contribution < 1.29 is 9.53 Å². The lowest BCUT2D eigenvalue weighted by Gasteiger charge is -2.05. The Balaban J connectivity index is 3.18. The van der Waals surface area contributed by atoms with Gasteiger partial charge < -0.3 is 10.5 Å². The molecule has 1 aromatic carbocycles. The predicted molar refractivity (Wildman–Crippen MR) is 50.3 cm³/mol. The number of ether oxygens (including phenoxy) is 1. The molecule has 1 aromatic rings. The zero-order valence-electron chi connectivity index (χ0n) is 5.88. The number of benzene rings is 1. The third kappa shape index (κ3) is 1.89. The van der Waals surface area contributed by atoms with Crippen LogP contribution in [0.3, 0.4) is 0 Å². The second-order valence-corrected chi connectivity index (χ2v) is 3.31. The molecule has 0 unspecified atom stereocenters. The van der Waals surface area contributed by atoms with Crippen LogP contribution in [0.1, 0.15) is 0 Å². The Bertz CT molecular complexity index is 293. The van der Waals surface area contributed by atoms with Crippen molar-refractivity contribution in [1.29, 1.82) is 0 Å². The lowest BCUT2D eigenvalue weighted by Crippen LogP contribution is -1.95. The molecule has 0 saturated carbocycles. The number of nitrogen functional groups attached to an aromatic ring is 1. The summed E-state index contributed by atoms with van der Waals surface area (Å²) in [5.74, 6) is 0.286. The molecule has 0 fully saturated rings. The van der Waals surface area contributed by atoms with E-state index < -0.39 is 0 Å². The van der Waals surface area contributed by atoms with Crippen molar-refractivity contribution in [3.05, 3.63) is 21.6 Å². The monoisotopic (exact) mass is 249 g/mol. The molecule has 0 bridgehead atoms. The van der Waals surface area contributed by atoms with Gasteiger partial charge in [-0.15, -0.1) is 0 Å². The average Bonchev–Trinajstić information content (AvgIpc) is 1.96. The number of nitrogens with two attached hydrogens (primary N) is 1. The van der Waals surface area contributed by atoms with Crippen LogP contribution in [0.5, 0.6) is 5.75 Å². The van der Waals surface area contributed by atoms with Crippen LogP contribution in [-0.2, 0) is 4.79 Å². The highest BCUT2D eigenvalue weighted by Crippen LogP contribution is 2.33. The number of carbonyl (C=O) groups excluding carboxylic acids is 1. The Morgan fingerprint density at radius 1 is 1.58 bits per heavy atom. The molecule has 5 heteroatoms. The van der Waals surface area contributed by atoms with E-state index in [-0.39, 0.29) is 5.75 Å². The number of halogens is 2. The summed E-state index contributed by atoms with van der Waals surface area (Å²) < 4.78 is 5.17. The normalized spacial score (nSPS) is 9.50. The van der Waals surface area contributed by atoms with E-state index >= 15 is 0 Å². The van der Waals surface area contributed by atoms with Crippen LogP contribution in [0, 0.1) is 0 Å². The van der Waals surface area contributed by atoms with Crippen LogP contribution >= 0.6 is 27.5 Å². The minimum absolute atomic E-state index is 0.286. The molecule has 12 heavy (non-hydrogen) atoms. The molecule has 0 spiro atoms. The zero-order chi connectivity index (χ0) is 9.14. The maximum atomic E-state index is 10.0. The van der Waals surface area contributed by atoms with Gasteiger partial charge in [0.05, 0.1) is 10.2 Å². The van der Waals surface area contributed by atoms with Crippen molar-refractivity contribution in [2.45, 2.75) is 0 Å². The van der Waals surface area contributed by atoms with E-state index in [1.807, 2.05) is 0 Å². The Labute approximate surface area is 82.6 Å². The fourth-order valence-electron chi connectivity index (χ4n) is 0.753. The summed E-state index contributed by atoms with van der Waals surface area (Å²) in [5, 5.41) is 0.484. The summed E-state index contributed by atoms with van der Waals surface area (Å²) in [6.07, 6.45) is 0. The molecule has 0 aliphatic carbocycles. The average molecular weight is 250 g/mol. The molecule has 0 radical (unpaired) electrons. The number of hydrogen-bond donors (Lipinski definition) is 1. The molecule has 3 nitrogen and oxygen atoms in total. The fourth-order valence-corrected chi connectivity index (χ4v) is 1.68. The van der Waals surface area contributed by atoms with Crippen LogP contribution in [0.2, 0.25) is 5.02 Å². The highest BCUT2D eigenvalue weighted by Gasteiger charge is 2.06. The van der Waals surface area contributed by atoms with Crippen LogP contribution in [-0.4, -0.2) is 6.47 Å². The predicted octanol–water partition coefficient (Wildman–Crippen LogP) is 2.22. The van der Waals surface area contributed by atoms with E-state index in [0.717, 1.165) is 0 Å². The molecule has 0 aliphatic heterocycles. The smallest absolute Gasteiger partial charge is 0.298 e. The minimum atomic E-state index is 0.286. The topological polar surface area (TPSA) is 52.3 Å². The summed E-state index contributed by atoms with van der Waals surface area (Å²) in [6.45, 7) is 0.310. The van der Waals surface area contributed by atoms with Crippen molar-refractivity contribution in [2.24, 2.45) is 0 Å². The Hall–Kier alpha value is -0.740. The Kier molecular flexibility index (Phi) is 2.94. The highest BCUT2D eigenvalue weighted by atomic mass is 79.9. The first-order valence-corrected chi connectivity index (χ1v) is 4.17. The van der Waals surface area contributed by atoms with Gasteiger partial charge in [0.25, 0.3) is 6.47 Å². The molecule has 0 heterocycles. The molecule has 0 aliphatic rings. The van der Waals surface area contributed by atoms with Crippen molar-refractivity contribution in [3.63, 3.8) is 0 Å². The van der Waals surface area contributed by atoms with Crippen molar-refractivity contribution in [1.82, 2.24) is 0 Å². The molecule has 2 N–H and O–H groups in total. The maximum Gasteiger partial charge on any atom is 0.298 e. The standard InChI is InChI=1S/C7H5BrClNO2/c8-5-1-4(9)2-6(10)7(5)12-3-11/h1-3H,10H2. The minimum Gasteiger partial charge on any atom is -0.425 e. The second-order valence-electron chi connectivity index (χ2n) is 2.02. The van der Waals surface area contributed by atoms with Gasteiger partial charge in [0, 0.05) is 5.02 Å². The van der Waals surface area contributed by atoms with Gasteiger partial charge >= 0.3 is 0 Å². The lowest BCUT2D eigenvalue weighted by atomic mass is 10.3. The van der Waals surface area contributed by atoms with Crippen molar-refractivity contribution >= 4 is 39.7 Å². The van der Waals surface area contributed by atoms with Crippen LogP contribution in [0.25, 0.3) is 0 Å². The maximum absolute atomic E-state index is 10.0. The van der Waals surface area contributed by atoms with Gasteiger partial charge in [0.1, 0.15) is 0 Å². The third-order valence-corrected chi connectivity index (χ3v) is 2.01. The first kappa shape index (κ1) is 9.35. The molecule has 1 rings (SSSR count). The second kappa shape index (κ2) is 3.78. The third-order valence-electron chi connectivity index (χ3n) is 1.20. The quantitative estimate of drug-likeness (QED) is 0.647. The zero-order valence-corrected chi connectivity index (χ0v) is 8.22. The molecular formula is C7H5BrClNO2. The molecular weight excluding hydrogens is 245 g/mol. The summed E-state index contributed by atoms with van der Waals surface area (Å²) in [6, 6.07) is 3.10. The van der Waals surface area contributed by atoms with Gasteiger partial charge in [-0.2, -0.15) is 0 Å². The largest absolute Gasteiger partial charge is 0.425 e. The Morgan fingerprint density at radius 3 is 2.75 bits per heavy atom. The number of anilines is 1. The molecule has 64 valence electrons. The summed E-state index contributed by atoms with van der Waals surface area (Å²) in [7, 11) is 0. The lowest BCUT2D eigenvalue weighted by molar-refractivity contribution is -0.120. The van der Waals surface area contributed by atoms with E-state index in [1.54, 1.807) is 6.07 Å². The van der Waals surface area contributed by atoms with Crippen LogP contribution in [0.4, 0.5) is 5.69 Å². The van der Waals surface area contributed by atoms with Crippen molar-refractivity contribution in [2.75, 3.05) is 5.73 Å². The fraction of sp³-hybridized carbons (Fsp3) is 0. The summed E-state index contributed by atoms with van der Waals surface area (Å²) in [5.41, 5.74) is 5.83. The van der Waals surface area contributed by atoms with E-state index in [4.69, 9.17) is 17.3 Å². The summed E-state index contributed by atoms with van der Waals surface area (Å²) >= 11 is 8.82. The van der Waals surface area contributed by atoms with Crippen LogP contribution in [0.15, 0.2) is 16.6 Å². The molecule has 0 amide bonds. The van der Waals surface area contributed by atoms with E-state index in [9.17, 15) is 4.79 Å². The molecule has 0 aromatic heterocycles. The van der Waals surface area contributed by atoms with Gasteiger partial charge in [0.15, 0.2) is 5.75 Å². The molecule has 0 atom stereocenters. The number of hydrogen-bond acceptors (Lipinski definition) is 3. The van der Waals surface area contributed by atoms with Crippen LogP contribution < -0.4 is 10.5 Å². The van der Waals surface area contributed by atoms with Gasteiger partial charge in [-0.1, -0.05) is 11.6 Å². The van der Waals surface area contributed by atoms with E-state index in [2.05, 4.69) is 20.7 Å². The van der Waals surface area contributed by atoms with Crippen molar-refractivity contribution in [3.8, 4) is 5.75 Å². The van der Waals surface area contributed by atoms with E-state index in [1.165, 1.54) is 6.07 Å². The first-order valence-electron chi connectivity index (χ1n) is 3.00. The SMILES string of the molecule is Nc1cc(Cl)cc(Br)c1OC=O. The van der Waals surface area contributed by atoms with E-state index in [0.29, 0.717) is 21.7 Å². The summed E-state index contributed by atoms with van der Waals surface area (Å²) in [4.78, 5) is 10.0. The van der Waals surface area contributed by atoms with Gasteiger partial charge in [-0.25, -0.2) is 0 Å². The highest BCUT2D eigenvalue weighted by molar-refractivity contribution is 9.10. The number of carbonyl (C=O) groups is 1. The first-order chi connectivity index (χ1) is 5.65. The van der Waals surface area contributed by atoms with Gasteiger partial charge in [-0.3, -0.25) is 4.79 Å². The number of rotatable bonds is 2. The molecule has 0 saturated heterocycles. The Morgan fingerprint density at radius 2 is 2.25 bits per heavy atom.